The first-order chi connectivity index (χ1) is 34.6. The number of ether oxygens (including phenoxy) is 4. The predicted octanol–water partition coefficient (Wildman–Crippen LogP) is 18.4. The number of hydrogen-bond acceptors (Lipinski definition) is 7. The molecule has 0 fully saturated rings. The average molecular weight is 1010 g/mol. The Hall–Kier alpha value is -1.71. The number of nitrogens with zero attached hydrogens (tertiary/aromatic N) is 1. The van der Waals surface area contributed by atoms with Crippen LogP contribution in [-0.2, 0) is 33.3 Å². The molecule has 0 saturated heterocycles. The quantitative estimate of drug-likeness (QED) is 0.0278. The van der Waals surface area contributed by atoms with Crippen molar-refractivity contribution in [2.24, 2.45) is 0 Å². The van der Waals surface area contributed by atoms with E-state index in [4.69, 9.17) is 18.9 Å². The van der Waals surface area contributed by atoms with Crippen molar-refractivity contribution in [1.82, 2.24) is 0 Å². The van der Waals surface area contributed by atoms with E-state index >= 15 is 0 Å². The van der Waals surface area contributed by atoms with Crippen molar-refractivity contribution in [3.63, 3.8) is 0 Å². The lowest BCUT2D eigenvalue weighted by Gasteiger charge is -2.25. The zero-order chi connectivity index (χ0) is 52.0. The Morgan fingerprint density at radius 3 is 0.901 bits per heavy atom. The average Bonchev–Trinajstić information content (AvgIpc) is 3.34. The van der Waals surface area contributed by atoms with E-state index in [9.17, 15) is 19.5 Å². The topological polar surface area (TPSA) is 108 Å². The van der Waals surface area contributed by atoms with Gasteiger partial charge in [0.05, 0.1) is 34.4 Å². The fourth-order valence-corrected chi connectivity index (χ4v) is 9.55. The number of quaternary nitrogens is 1. The Kier molecular flexibility index (Phi) is 53.2. The Morgan fingerprint density at radius 2 is 0.634 bits per heavy atom. The van der Waals surface area contributed by atoms with Gasteiger partial charge in [0.25, 0.3) is 6.29 Å². The number of unbranched alkanes of at least 4 members (excludes halogenated alkanes) is 44. The lowest BCUT2D eigenvalue weighted by Crippen LogP contribution is -2.40. The molecular formula is C62H122NO8+. The van der Waals surface area contributed by atoms with Gasteiger partial charge in [-0.1, -0.05) is 296 Å². The van der Waals surface area contributed by atoms with Crippen molar-refractivity contribution in [3.05, 3.63) is 0 Å². The Labute approximate surface area is 441 Å². The van der Waals surface area contributed by atoms with E-state index in [1.807, 2.05) is 21.1 Å². The molecule has 0 amide bonds. The smallest absolute Gasteiger partial charge is 0.361 e. The molecule has 9 nitrogen and oxygen atoms in total. The normalized spacial score (nSPS) is 12.6. The van der Waals surface area contributed by atoms with Crippen molar-refractivity contribution in [2.75, 3.05) is 47.5 Å². The molecule has 0 saturated carbocycles. The molecule has 2 unspecified atom stereocenters. The van der Waals surface area contributed by atoms with Crippen molar-refractivity contribution >= 4 is 17.9 Å². The number of likely N-dealkylation sites (N-methyl/N-ethyl adjacent to an activating group) is 1. The summed E-state index contributed by atoms with van der Waals surface area (Å²) in [6.07, 6.45) is 59.6. The number of rotatable bonds is 59. The van der Waals surface area contributed by atoms with E-state index in [1.165, 1.54) is 257 Å². The van der Waals surface area contributed by atoms with Gasteiger partial charge in [0.1, 0.15) is 13.2 Å². The number of aliphatic carboxylic acids is 1. The van der Waals surface area contributed by atoms with Crippen LogP contribution in [0.2, 0.25) is 0 Å². The van der Waals surface area contributed by atoms with Gasteiger partial charge in [0, 0.05) is 12.8 Å². The molecule has 9 heteroatoms. The predicted molar refractivity (Wildman–Crippen MR) is 300 cm³/mol. The third-order valence-corrected chi connectivity index (χ3v) is 14.4. The van der Waals surface area contributed by atoms with Gasteiger partial charge in [-0.25, -0.2) is 4.79 Å². The maximum Gasteiger partial charge on any atom is 0.361 e. The van der Waals surface area contributed by atoms with E-state index in [0.29, 0.717) is 17.4 Å². The summed E-state index contributed by atoms with van der Waals surface area (Å²) >= 11 is 0. The second kappa shape index (κ2) is 54.5. The third kappa shape index (κ3) is 55.9. The highest BCUT2D eigenvalue weighted by atomic mass is 16.7. The van der Waals surface area contributed by atoms with Crippen molar-refractivity contribution in [3.8, 4) is 0 Å². The minimum atomic E-state index is -1.50. The van der Waals surface area contributed by atoms with Crippen LogP contribution in [0.4, 0.5) is 0 Å². The number of carbonyl (C=O) groups is 3. The summed E-state index contributed by atoms with van der Waals surface area (Å²) in [5.41, 5.74) is 0. The van der Waals surface area contributed by atoms with Crippen molar-refractivity contribution in [2.45, 2.75) is 334 Å². The second-order valence-corrected chi connectivity index (χ2v) is 22.7. The molecule has 0 aliphatic carbocycles. The Morgan fingerprint density at radius 1 is 0.366 bits per heavy atom. The van der Waals surface area contributed by atoms with E-state index < -0.39 is 18.4 Å². The number of carboxylic acid groups (broad SMARTS) is 1. The highest BCUT2D eigenvalue weighted by Gasteiger charge is 2.25. The summed E-state index contributed by atoms with van der Waals surface area (Å²) in [4.78, 5) is 37.2. The monoisotopic (exact) mass is 1010 g/mol. The fourth-order valence-electron chi connectivity index (χ4n) is 9.55. The zero-order valence-electron chi connectivity index (χ0n) is 48.2. The molecule has 0 bridgehead atoms. The lowest BCUT2D eigenvalue weighted by molar-refractivity contribution is -0.870. The van der Waals surface area contributed by atoms with Crippen LogP contribution in [-0.4, -0.2) is 87.4 Å². The summed E-state index contributed by atoms with van der Waals surface area (Å²) < 4.78 is 22.8. The molecule has 0 aromatic carbocycles. The van der Waals surface area contributed by atoms with Crippen LogP contribution in [0.15, 0.2) is 0 Å². The zero-order valence-corrected chi connectivity index (χ0v) is 48.2. The molecular weight excluding hydrogens is 887 g/mol. The minimum Gasteiger partial charge on any atom is -0.477 e. The molecule has 2 atom stereocenters. The number of hydrogen-bond donors (Lipinski definition) is 1. The molecule has 71 heavy (non-hydrogen) atoms. The number of carbonyl (C=O) groups excluding carboxylic acids is 2. The van der Waals surface area contributed by atoms with Crippen LogP contribution in [0.25, 0.3) is 0 Å². The van der Waals surface area contributed by atoms with Gasteiger partial charge in [-0.2, -0.15) is 0 Å². The minimum absolute atomic E-state index is 0.174. The highest BCUT2D eigenvalue weighted by Crippen LogP contribution is 2.19. The first-order valence-corrected chi connectivity index (χ1v) is 31.2. The van der Waals surface area contributed by atoms with E-state index in [2.05, 4.69) is 13.8 Å². The van der Waals surface area contributed by atoms with Crippen LogP contribution >= 0.6 is 0 Å². The largest absolute Gasteiger partial charge is 0.477 e. The molecule has 0 aromatic rings. The van der Waals surface area contributed by atoms with Crippen LogP contribution < -0.4 is 0 Å². The van der Waals surface area contributed by atoms with Crippen LogP contribution in [0.5, 0.6) is 0 Å². The molecule has 1 N–H and O–H groups in total. The Balaban J connectivity index is 3.84. The second-order valence-electron chi connectivity index (χ2n) is 22.7. The van der Waals surface area contributed by atoms with Crippen LogP contribution in [0.3, 0.4) is 0 Å². The molecule has 0 aliphatic heterocycles. The standard InChI is InChI=1S/C62H121NO8/c1-6-8-10-12-14-16-17-18-19-20-21-22-23-24-25-26-27-28-29-30-31-32-33-34-35-36-37-38-39-40-41-42-43-45-47-49-51-53-60(65)71-58(57-70-62(61(66)67)68-55-54-63(3,4)5)56-69-59(64)52-50-48-46-44-15-13-11-9-7-2/h58,62H,6-57H2,1-5H3/p+1. The fraction of sp³-hybridized carbons (Fsp3) is 0.952. The van der Waals surface area contributed by atoms with Gasteiger partial charge in [-0.05, 0) is 12.8 Å². The lowest BCUT2D eigenvalue weighted by atomic mass is 10.0. The summed E-state index contributed by atoms with van der Waals surface area (Å²) in [7, 11) is 5.97. The SMILES string of the molecule is CCCCCCCCCCCCCCCCCCCCCCCCCCCCCCCCCCCCCCCC(=O)OC(COC(=O)CCCCCCCCCCC)COC(OCC[N+](C)(C)C)C(=O)O. The maximum atomic E-state index is 12.8. The number of carboxylic acids is 1. The summed E-state index contributed by atoms with van der Waals surface area (Å²) in [5.74, 6) is -1.98. The molecule has 0 aliphatic rings. The van der Waals surface area contributed by atoms with E-state index in [-0.39, 0.29) is 38.2 Å². The first kappa shape index (κ1) is 69.3. The molecule has 422 valence electrons. The maximum absolute atomic E-state index is 12.8. The van der Waals surface area contributed by atoms with Gasteiger partial charge in [-0.15, -0.1) is 0 Å². The van der Waals surface area contributed by atoms with Crippen LogP contribution in [0.1, 0.15) is 322 Å². The van der Waals surface area contributed by atoms with Gasteiger partial charge in [0.2, 0.25) is 0 Å². The molecule has 0 rings (SSSR count). The molecule has 0 heterocycles. The molecule has 0 aromatic heterocycles. The molecule has 0 spiro atoms. The van der Waals surface area contributed by atoms with Crippen molar-refractivity contribution < 1.29 is 42.9 Å². The van der Waals surface area contributed by atoms with Gasteiger partial charge < -0.3 is 28.5 Å². The summed E-state index contributed by atoms with van der Waals surface area (Å²) in [6, 6.07) is 0. The first-order valence-electron chi connectivity index (χ1n) is 31.2. The third-order valence-electron chi connectivity index (χ3n) is 14.4. The van der Waals surface area contributed by atoms with Gasteiger partial charge >= 0.3 is 17.9 Å². The van der Waals surface area contributed by atoms with E-state index in [1.54, 1.807) is 0 Å². The summed E-state index contributed by atoms with van der Waals surface area (Å²) in [6.45, 7) is 4.91. The van der Waals surface area contributed by atoms with E-state index in [0.717, 1.165) is 38.5 Å². The van der Waals surface area contributed by atoms with Crippen LogP contribution in [0, 0.1) is 0 Å². The van der Waals surface area contributed by atoms with Crippen molar-refractivity contribution in [1.29, 1.82) is 0 Å². The van der Waals surface area contributed by atoms with Gasteiger partial charge in [0.15, 0.2) is 6.10 Å². The van der Waals surface area contributed by atoms with Gasteiger partial charge in [-0.3, -0.25) is 9.59 Å². The Bertz CT molecular complexity index is 1130. The highest BCUT2D eigenvalue weighted by molar-refractivity contribution is 5.71. The number of esters is 2. The molecule has 0 radical (unpaired) electrons. The summed E-state index contributed by atoms with van der Waals surface area (Å²) in [5, 5.41) is 9.66.